The van der Waals surface area contributed by atoms with Crippen LogP contribution in [0.15, 0.2) is 48.5 Å². The second-order valence-electron chi connectivity index (χ2n) is 6.87. The van der Waals surface area contributed by atoms with Crippen molar-refractivity contribution in [3.63, 3.8) is 0 Å². The van der Waals surface area contributed by atoms with Crippen LogP contribution in [0.5, 0.6) is 0 Å². The monoisotopic (exact) mass is 347 g/mol. The maximum atomic E-state index is 12.2. The van der Waals surface area contributed by atoms with E-state index in [1.54, 1.807) is 0 Å². The van der Waals surface area contributed by atoms with Gasteiger partial charge in [-0.05, 0) is 69.5 Å². The normalized spacial score (nSPS) is 10.8. The van der Waals surface area contributed by atoms with E-state index in [0.717, 1.165) is 33.9 Å². The predicted octanol–water partition coefficient (Wildman–Crippen LogP) is 4.68. The van der Waals surface area contributed by atoms with Gasteiger partial charge in [-0.15, -0.1) is 0 Å². The van der Waals surface area contributed by atoms with Crippen molar-refractivity contribution in [2.45, 2.75) is 40.5 Å². The van der Waals surface area contributed by atoms with Crippen LogP contribution in [0.4, 0.5) is 5.69 Å². The summed E-state index contributed by atoms with van der Waals surface area (Å²) in [6, 6.07) is 16.4. The number of carbonyl (C=O) groups excluding carboxylic acids is 1. The Balaban J connectivity index is 1.59. The lowest BCUT2D eigenvalue weighted by Crippen LogP contribution is -2.13. The van der Waals surface area contributed by atoms with Gasteiger partial charge in [0, 0.05) is 17.8 Å². The molecule has 3 rings (SSSR count). The van der Waals surface area contributed by atoms with Gasteiger partial charge in [0.25, 0.3) is 0 Å². The SMILES string of the molecule is Cc1ccc(NC(=O)CCc2ccc(-n3nc(C)cc3C)cc2)c(C)c1. The Morgan fingerprint density at radius 3 is 2.35 bits per heavy atom. The minimum Gasteiger partial charge on any atom is -0.326 e. The molecule has 2 aromatic carbocycles. The van der Waals surface area contributed by atoms with Crippen molar-refractivity contribution < 1.29 is 4.79 Å². The molecule has 1 N–H and O–H groups in total. The van der Waals surface area contributed by atoms with Gasteiger partial charge in [0.2, 0.25) is 5.91 Å². The fourth-order valence-electron chi connectivity index (χ4n) is 3.12. The van der Waals surface area contributed by atoms with E-state index in [4.69, 9.17) is 0 Å². The van der Waals surface area contributed by atoms with Crippen LogP contribution in [0.3, 0.4) is 0 Å². The fourth-order valence-corrected chi connectivity index (χ4v) is 3.12. The Bertz CT molecular complexity index is 923. The summed E-state index contributed by atoms with van der Waals surface area (Å²) in [5.74, 6) is 0.0413. The van der Waals surface area contributed by atoms with E-state index in [1.807, 2.05) is 44.5 Å². The fraction of sp³-hybridized carbons (Fsp3) is 0.273. The number of benzene rings is 2. The Morgan fingerprint density at radius 2 is 1.73 bits per heavy atom. The number of anilines is 1. The first-order valence-corrected chi connectivity index (χ1v) is 8.92. The van der Waals surface area contributed by atoms with E-state index in [-0.39, 0.29) is 5.91 Å². The van der Waals surface area contributed by atoms with E-state index in [1.165, 1.54) is 5.56 Å². The minimum absolute atomic E-state index is 0.0413. The number of amides is 1. The molecule has 0 atom stereocenters. The smallest absolute Gasteiger partial charge is 0.224 e. The number of aromatic nitrogens is 2. The molecule has 0 fully saturated rings. The van der Waals surface area contributed by atoms with Crippen molar-refractivity contribution in [2.24, 2.45) is 0 Å². The van der Waals surface area contributed by atoms with Crippen molar-refractivity contribution in [3.8, 4) is 5.69 Å². The topological polar surface area (TPSA) is 46.9 Å². The number of hydrogen-bond donors (Lipinski definition) is 1. The summed E-state index contributed by atoms with van der Waals surface area (Å²) in [4.78, 5) is 12.2. The highest BCUT2D eigenvalue weighted by Gasteiger charge is 2.07. The average Bonchev–Trinajstić information content (AvgIpc) is 2.94. The maximum absolute atomic E-state index is 12.2. The van der Waals surface area contributed by atoms with Crippen LogP contribution in [0.2, 0.25) is 0 Å². The molecule has 26 heavy (non-hydrogen) atoms. The summed E-state index contributed by atoms with van der Waals surface area (Å²) >= 11 is 0. The Hall–Kier alpha value is -2.88. The first-order chi connectivity index (χ1) is 12.4. The zero-order chi connectivity index (χ0) is 18.7. The molecule has 1 heterocycles. The summed E-state index contributed by atoms with van der Waals surface area (Å²) in [5, 5.41) is 7.50. The van der Waals surface area contributed by atoms with Crippen molar-refractivity contribution >= 4 is 11.6 Å². The zero-order valence-corrected chi connectivity index (χ0v) is 15.8. The van der Waals surface area contributed by atoms with Gasteiger partial charge in [-0.2, -0.15) is 5.10 Å². The molecular weight excluding hydrogens is 322 g/mol. The van der Waals surface area contributed by atoms with Gasteiger partial charge in [0.1, 0.15) is 0 Å². The largest absolute Gasteiger partial charge is 0.326 e. The van der Waals surface area contributed by atoms with Crippen molar-refractivity contribution in [3.05, 3.63) is 76.6 Å². The highest BCUT2D eigenvalue weighted by atomic mass is 16.1. The van der Waals surface area contributed by atoms with Crippen LogP contribution in [0.1, 0.15) is 34.5 Å². The van der Waals surface area contributed by atoms with Gasteiger partial charge in [0.05, 0.1) is 11.4 Å². The third-order valence-corrected chi connectivity index (χ3v) is 4.49. The summed E-state index contributed by atoms with van der Waals surface area (Å²) in [6.07, 6.45) is 1.18. The Labute approximate surface area is 154 Å². The third kappa shape index (κ3) is 4.20. The van der Waals surface area contributed by atoms with Crippen molar-refractivity contribution in [2.75, 3.05) is 5.32 Å². The Kier molecular flexibility index (Phi) is 5.21. The molecule has 0 saturated carbocycles. The third-order valence-electron chi connectivity index (χ3n) is 4.49. The summed E-state index contributed by atoms with van der Waals surface area (Å²) in [5.41, 5.74) is 7.49. The lowest BCUT2D eigenvalue weighted by atomic mass is 10.1. The predicted molar refractivity (Wildman–Crippen MR) is 106 cm³/mol. The van der Waals surface area contributed by atoms with E-state index in [9.17, 15) is 4.79 Å². The van der Waals surface area contributed by atoms with E-state index >= 15 is 0 Å². The molecule has 134 valence electrons. The molecule has 4 nitrogen and oxygen atoms in total. The summed E-state index contributed by atoms with van der Waals surface area (Å²) < 4.78 is 1.94. The number of carbonyl (C=O) groups is 1. The first kappa shape index (κ1) is 17.9. The lowest BCUT2D eigenvalue weighted by molar-refractivity contribution is -0.116. The molecule has 0 aliphatic rings. The minimum atomic E-state index is 0.0413. The standard InChI is InChI=1S/C22H25N3O/c1-15-5-11-21(16(2)13-15)23-22(26)12-8-19-6-9-20(10-7-19)25-18(4)14-17(3)24-25/h5-7,9-11,13-14H,8,12H2,1-4H3,(H,23,26). The summed E-state index contributed by atoms with van der Waals surface area (Å²) in [7, 11) is 0. The molecule has 1 amide bonds. The number of nitrogens with zero attached hydrogens (tertiary/aromatic N) is 2. The highest BCUT2D eigenvalue weighted by Crippen LogP contribution is 2.17. The Morgan fingerprint density at radius 1 is 1.00 bits per heavy atom. The quantitative estimate of drug-likeness (QED) is 0.728. The zero-order valence-electron chi connectivity index (χ0n) is 15.8. The van der Waals surface area contributed by atoms with Gasteiger partial charge in [-0.25, -0.2) is 4.68 Å². The molecule has 1 aromatic heterocycles. The van der Waals surface area contributed by atoms with Crippen molar-refractivity contribution in [1.29, 1.82) is 0 Å². The van der Waals surface area contributed by atoms with E-state index in [2.05, 4.69) is 46.8 Å². The molecule has 0 spiro atoms. The van der Waals surface area contributed by atoms with Crippen molar-refractivity contribution in [1.82, 2.24) is 9.78 Å². The molecule has 3 aromatic rings. The molecule has 0 aliphatic carbocycles. The number of rotatable bonds is 5. The van der Waals surface area contributed by atoms with Gasteiger partial charge in [-0.3, -0.25) is 4.79 Å². The van der Waals surface area contributed by atoms with Crippen LogP contribution in [0.25, 0.3) is 5.69 Å². The van der Waals surface area contributed by atoms with Crippen LogP contribution >= 0.6 is 0 Å². The van der Waals surface area contributed by atoms with E-state index < -0.39 is 0 Å². The molecule has 0 saturated heterocycles. The average molecular weight is 347 g/mol. The lowest BCUT2D eigenvalue weighted by Gasteiger charge is -2.10. The van der Waals surface area contributed by atoms with Gasteiger partial charge in [0.15, 0.2) is 0 Å². The molecular formula is C22H25N3O. The van der Waals surface area contributed by atoms with Gasteiger partial charge in [-0.1, -0.05) is 29.8 Å². The van der Waals surface area contributed by atoms with Crippen LogP contribution in [-0.2, 0) is 11.2 Å². The number of aryl methyl sites for hydroxylation is 5. The molecule has 0 unspecified atom stereocenters. The second-order valence-corrected chi connectivity index (χ2v) is 6.87. The summed E-state index contributed by atoms with van der Waals surface area (Å²) in [6.45, 7) is 8.10. The van der Waals surface area contributed by atoms with Gasteiger partial charge < -0.3 is 5.32 Å². The van der Waals surface area contributed by atoms with Crippen LogP contribution in [-0.4, -0.2) is 15.7 Å². The van der Waals surface area contributed by atoms with Crippen LogP contribution < -0.4 is 5.32 Å². The maximum Gasteiger partial charge on any atom is 0.224 e. The first-order valence-electron chi connectivity index (χ1n) is 8.92. The molecule has 0 bridgehead atoms. The molecule has 0 aliphatic heterocycles. The van der Waals surface area contributed by atoms with Crippen LogP contribution in [0, 0.1) is 27.7 Å². The van der Waals surface area contributed by atoms with E-state index in [0.29, 0.717) is 12.8 Å². The highest BCUT2D eigenvalue weighted by molar-refractivity contribution is 5.91. The van der Waals surface area contributed by atoms with Gasteiger partial charge >= 0.3 is 0 Å². The molecule has 0 radical (unpaired) electrons. The number of hydrogen-bond acceptors (Lipinski definition) is 2. The molecule has 4 heteroatoms. The second kappa shape index (κ2) is 7.56. The number of nitrogens with one attached hydrogen (secondary N) is 1.